The molecule has 32 heavy (non-hydrogen) atoms. The zero-order chi connectivity index (χ0) is 23.9. The molecular weight excluding hydrogens is 430 g/mol. The summed E-state index contributed by atoms with van der Waals surface area (Å²) in [5.41, 5.74) is 18.6. The molecule has 0 spiro atoms. The van der Waals surface area contributed by atoms with Crippen molar-refractivity contribution >= 4 is 0 Å². The molecule has 13 nitrogen and oxygen atoms in total. The fourth-order valence-electron chi connectivity index (χ4n) is 4.31. The van der Waals surface area contributed by atoms with E-state index in [-0.39, 0.29) is 6.42 Å². The van der Waals surface area contributed by atoms with Crippen LogP contribution in [0.15, 0.2) is 12.2 Å². The van der Waals surface area contributed by atoms with Crippen LogP contribution in [-0.2, 0) is 18.9 Å². The molecule has 1 aliphatic carbocycles. The van der Waals surface area contributed by atoms with Gasteiger partial charge in [-0.25, -0.2) is 0 Å². The second-order valence-corrected chi connectivity index (χ2v) is 8.79. The van der Waals surface area contributed by atoms with E-state index in [0.29, 0.717) is 5.57 Å². The minimum absolute atomic E-state index is 0.146. The van der Waals surface area contributed by atoms with Crippen LogP contribution in [0.2, 0.25) is 0 Å². The van der Waals surface area contributed by atoms with Crippen LogP contribution in [0.5, 0.6) is 0 Å². The molecule has 13 heteroatoms. The predicted molar refractivity (Wildman–Crippen MR) is 108 cm³/mol. The van der Waals surface area contributed by atoms with E-state index < -0.39 is 92.2 Å². The van der Waals surface area contributed by atoms with Gasteiger partial charge in [-0.1, -0.05) is 6.58 Å². The Labute approximate surface area is 185 Å². The van der Waals surface area contributed by atoms with Gasteiger partial charge in [0.15, 0.2) is 12.6 Å². The Morgan fingerprint density at radius 2 is 1.47 bits per heavy atom. The fraction of sp³-hybridized carbons (Fsp3) is 0.895. The van der Waals surface area contributed by atoms with Crippen LogP contribution >= 0.6 is 0 Å². The molecule has 0 aromatic carbocycles. The number of aliphatic hydroxyl groups is 6. The van der Waals surface area contributed by atoms with Crippen LogP contribution in [0, 0.1) is 0 Å². The monoisotopic (exact) mass is 465 g/mol. The third-order valence-electron chi connectivity index (χ3n) is 6.28. The molecule has 0 aromatic heterocycles. The van der Waals surface area contributed by atoms with Crippen molar-refractivity contribution < 1.29 is 49.6 Å². The van der Waals surface area contributed by atoms with Crippen molar-refractivity contribution in [3.63, 3.8) is 0 Å². The van der Waals surface area contributed by atoms with Crippen molar-refractivity contribution in [3.8, 4) is 0 Å². The van der Waals surface area contributed by atoms with Crippen LogP contribution in [0.25, 0.3) is 0 Å². The van der Waals surface area contributed by atoms with Crippen molar-refractivity contribution in [2.45, 2.75) is 99.0 Å². The molecule has 14 atom stereocenters. The van der Waals surface area contributed by atoms with Crippen LogP contribution < -0.4 is 17.2 Å². The molecule has 1 saturated carbocycles. The van der Waals surface area contributed by atoms with E-state index in [1.54, 1.807) is 6.92 Å². The fourth-order valence-corrected chi connectivity index (χ4v) is 4.31. The molecular formula is C19H35N3O10. The van der Waals surface area contributed by atoms with Gasteiger partial charge >= 0.3 is 0 Å². The van der Waals surface area contributed by atoms with E-state index in [0.717, 1.165) is 0 Å². The maximum atomic E-state index is 10.7. The lowest BCUT2D eigenvalue weighted by atomic mass is 9.84. The van der Waals surface area contributed by atoms with E-state index in [1.165, 1.54) is 0 Å². The number of ether oxygens (including phenoxy) is 4. The van der Waals surface area contributed by atoms with Crippen LogP contribution in [0.4, 0.5) is 0 Å². The molecule has 8 unspecified atom stereocenters. The number of rotatable bonds is 6. The van der Waals surface area contributed by atoms with E-state index in [2.05, 4.69) is 6.58 Å². The Balaban J connectivity index is 1.79. The van der Waals surface area contributed by atoms with E-state index in [4.69, 9.17) is 36.1 Å². The van der Waals surface area contributed by atoms with Crippen LogP contribution in [0.1, 0.15) is 13.3 Å². The molecule has 2 saturated heterocycles. The highest BCUT2D eigenvalue weighted by Crippen LogP contribution is 2.33. The Bertz CT molecular complexity index is 657. The second-order valence-electron chi connectivity index (χ2n) is 8.79. The van der Waals surface area contributed by atoms with Gasteiger partial charge in [0.05, 0.1) is 18.8 Å². The van der Waals surface area contributed by atoms with E-state index >= 15 is 0 Å². The summed E-state index contributed by atoms with van der Waals surface area (Å²) in [7, 11) is 0. The Morgan fingerprint density at radius 1 is 0.844 bits per heavy atom. The highest BCUT2D eigenvalue weighted by Gasteiger charge is 2.52. The van der Waals surface area contributed by atoms with Crippen molar-refractivity contribution in [1.82, 2.24) is 0 Å². The zero-order valence-electron chi connectivity index (χ0n) is 17.8. The molecule has 186 valence electrons. The van der Waals surface area contributed by atoms with Crippen LogP contribution in [-0.4, -0.2) is 123 Å². The smallest absolute Gasteiger partial charge is 0.187 e. The highest BCUT2D eigenvalue weighted by atomic mass is 16.7. The van der Waals surface area contributed by atoms with Gasteiger partial charge in [0, 0.05) is 12.1 Å². The maximum Gasteiger partial charge on any atom is 0.187 e. The van der Waals surface area contributed by atoms with Gasteiger partial charge in [0.2, 0.25) is 0 Å². The van der Waals surface area contributed by atoms with Crippen molar-refractivity contribution in [2.24, 2.45) is 17.2 Å². The first-order chi connectivity index (χ1) is 15.0. The van der Waals surface area contributed by atoms with E-state index in [9.17, 15) is 30.6 Å². The van der Waals surface area contributed by atoms with Gasteiger partial charge in [-0.05, 0) is 18.9 Å². The standard InChI is InChI=1S/C19H35N3O10/c1-5(2)15-13(27)14(28)19(30-15)32-17-10(24)6(20)3-7(21)16(17)31-18-9(22)12(26)11(25)8(4-23)29-18/h6-19,23-28H,1,3-4,20-22H2,2H3/t6-,7?,8?,9?,10?,11-,12?,13?,14?,15-,16-,17?,18-,19+/m1/s1. The molecule has 3 rings (SSSR count). The largest absolute Gasteiger partial charge is 0.394 e. The average molecular weight is 466 g/mol. The van der Waals surface area contributed by atoms with Crippen molar-refractivity contribution in [2.75, 3.05) is 6.61 Å². The first-order valence-electron chi connectivity index (χ1n) is 10.5. The number of nitrogens with two attached hydrogens (primary N) is 3. The molecule has 12 N–H and O–H groups in total. The summed E-state index contributed by atoms with van der Waals surface area (Å²) < 4.78 is 22.7. The Hall–Kier alpha value is -0.780. The molecule has 0 aromatic rings. The molecule has 2 aliphatic heterocycles. The third-order valence-corrected chi connectivity index (χ3v) is 6.28. The molecule has 2 heterocycles. The maximum absolute atomic E-state index is 10.7. The highest BCUT2D eigenvalue weighted by molar-refractivity contribution is 5.08. The zero-order valence-corrected chi connectivity index (χ0v) is 17.8. The van der Waals surface area contributed by atoms with Gasteiger partial charge in [0.1, 0.15) is 48.8 Å². The minimum atomic E-state index is -1.45. The summed E-state index contributed by atoms with van der Waals surface area (Å²) in [6.45, 7) is 4.73. The number of aliphatic hydroxyl groups excluding tert-OH is 6. The van der Waals surface area contributed by atoms with E-state index in [1.807, 2.05) is 0 Å². The topological polar surface area (TPSA) is 236 Å². The summed E-state index contributed by atoms with van der Waals surface area (Å²) in [6.07, 6.45) is -13.8. The molecule has 3 aliphatic rings. The summed E-state index contributed by atoms with van der Waals surface area (Å²) in [5, 5.41) is 60.8. The molecule has 3 fully saturated rings. The van der Waals surface area contributed by atoms with Crippen molar-refractivity contribution in [1.29, 1.82) is 0 Å². The van der Waals surface area contributed by atoms with Gasteiger partial charge in [0.25, 0.3) is 0 Å². The second kappa shape index (κ2) is 10.2. The number of hydrogen-bond donors (Lipinski definition) is 9. The SMILES string of the molecule is C=C(C)[C@H]1O[C@@H](OC2C(O)[C@H](N)CC(N)[C@H]2O[C@H]2OC(CO)[C@@H](O)C(O)C2N)C(O)C1O. The minimum Gasteiger partial charge on any atom is -0.394 e. The summed E-state index contributed by atoms with van der Waals surface area (Å²) in [4.78, 5) is 0. The first-order valence-corrected chi connectivity index (χ1v) is 10.5. The molecule has 0 bridgehead atoms. The van der Waals surface area contributed by atoms with Gasteiger partial charge in [-0.2, -0.15) is 0 Å². The summed E-state index contributed by atoms with van der Waals surface area (Å²) in [5.74, 6) is 0. The van der Waals surface area contributed by atoms with Crippen molar-refractivity contribution in [3.05, 3.63) is 12.2 Å². The summed E-state index contributed by atoms with van der Waals surface area (Å²) in [6, 6.07) is -2.75. The van der Waals surface area contributed by atoms with Gasteiger partial charge in [-0.3, -0.25) is 0 Å². The quantitative estimate of drug-likeness (QED) is 0.167. The van der Waals surface area contributed by atoms with Gasteiger partial charge < -0.3 is 66.8 Å². The normalized spacial score (nSPS) is 52.2. The lowest BCUT2D eigenvalue weighted by Crippen LogP contribution is -2.68. The Kier molecular flexibility index (Phi) is 8.26. The van der Waals surface area contributed by atoms with Crippen LogP contribution in [0.3, 0.4) is 0 Å². The lowest BCUT2D eigenvalue weighted by Gasteiger charge is -2.47. The molecule has 0 amide bonds. The number of hydrogen-bond acceptors (Lipinski definition) is 13. The van der Waals surface area contributed by atoms with Gasteiger partial charge in [-0.15, -0.1) is 0 Å². The summed E-state index contributed by atoms with van der Waals surface area (Å²) >= 11 is 0. The lowest BCUT2D eigenvalue weighted by molar-refractivity contribution is -0.309. The molecule has 0 radical (unpaired) electrons. The third kappa shape index (κ3) is 4.86. The average Bonchev–Trinajstić information content (AvgIpc) is 3.03. The Morgan fingerprint density at radius 3 is 2.03 bits per heavy atom. The predicted octanol–water partition coefficient (Wildman–Crippen LogP) is -5.03. The first kappa shape index (κ1) is 25.8.